The molecule has 0 fully saturated rings. The molecule has 0 radical (unpaired) electrons. The lowest BCUT2D eigenvalue weighted by atomic mass is 10.2. The smallest absolute Gasteiger partial charge is 0.363 e. The van der Waals surface area contributed by atoms with E-state index in [4.69, 9.17) is 21.1 Å². The van der Waals surface area contributed by atoms with Crippen LogP contribution in [0.3, 0.4) is 0 Å². The Morgan fingerprint density at radius 2 is 2.12 bits per heavy atom. The number of halogens is 3. The average molecular weight is 411 g/mol. The topological polar surface area (TPSA) is 47.9 Å². The highest BCUT2D eigenvalue weighted by Gasteiger charge is 2.27. The van der Waals surface area contributed by atoms with Crippen LogP contribution in [0, 0.1) is 5.82 Å². The molecule has 1 aliphatic heterocycles. The molecule has 2 aromatic carbocycles. The number of cyclic esters (lactones) is 1. The molecule has 0 unspecified atom stereocenters. The highest BCUT2D eigenvalue weighted by Crippen LogP contribution is 2.29. The van der Waals surface area contributed by atoms with Gasteiger partial charge in [-0.1, -0.05) is 33.6 Å². The van der Waals surface area contributed by atoms with Crippen LogP contribution in [0.5, 0.6) is 5.75 Å². The molecular weight excluding hydrogens is 401 g/mol. The van der Waals surface area contributed by atoms with Crippen molar-refractivity contribution in [3.63, 3.8) is 0 Å². The fourth-order valence-electron chi connectivity index (χ4n) is 2.16. The van der Waals surface area contributed by atoms with Crippen molar-refractivity contribution < 1.29 is 18.7 Å². The second kappa shape index (κ2) is 6.75. The van der Waals surface area contributed by atoms with E-state index in [2.05, 4.69) is 20.9 Å². The Kier molecular flexibility index (Phi) is 4.69. The van der Waals surface area contributed by atoms with Gasteiger partial charge in [0.2, 0.25) is 5.90 Å². The first-order chi connectivity index (χ1) is 11.5. The lowest BCUT2D eigenvalue weighted by molar-refractivity contribution is -0.129. The van der Waals surface area contributed by atoms with Crippen LogP contribution in [0.15, 0.2) is 51.6 Å². The summed E-state index contributed by atoms with van der Waals surface area (Å²) < 4.78 is 25.1. The molecule has 1 aliphatic rings. The molecule has 3 rings (SSSR count). The number of nitrogens with zero attached hydrogens (tertiary/aromatic N) is 1. The van der Waals surface area contributed by atoms with Crippen LogP contribution < -0.4 is 4.74 Å². The number of aliphatic imine (C=N–C) groups is 1. The Balaban J connectivity index is 2.06. The summed E-state index contributed by atoms with van der Waals surface area (Å²) >= 11 is 9.31. The number of carbonyl (C=O) groups is 1. The van der Waals surface area contributed by atoms with Crippen molar-refractivity contribution in [2.24, 2.45) is 4.99 Å². The van der Waals surface area contributed by atoms with Crippen LogP contribution in [-0.2, 0) is 9.53 Å². The van der Waals surface area contributed by atoms with Gasteiger partial charge in [-0.3, -0.25) is 0 Å². The maximum absolute atomic E-state index is 13.9. The molecule has 4 nitrogen and oxygen atoms in total. The molecule has 0 spiro atoms. The van der Waals surface area contributed by atoms with Crippen molar-refractivity contribution in [3.8, 4) is 5.75 Å². The Labute approximate surface area is 150 Å². The van der Waals surface area contributed by atoms with E-state index in [-0.39, 0.29) is 22.2 Å². The second-order valence-electron chi connectivity index (χ2n) is 4.82. The van der Waals surface area contributed by atoms with Crippen molar-refractivity contribution in [1.82, 2.24) is 0 Å². The van der Waals surface area contributed by atoms with Gasteiger partial charge in [-0.25, -0.2) is 14.2 Å². The average Bonchev–Trinajstić information content (AvgIpc) is 2.92. The molecule has 0 amide bonds. The van der Waals surface area contributed by atoms with Gasteiger partial charge < -0.3 is 9.47 Å². The minimum absolute atomic E-state index is 0.0426. The highest BCUT2D eigenvalue weighted by molar-refractivity contribution is 9.10. The summed E-state index contributed by atoms with van der Waals surface area (Å²) in [5.74, 6) is -0.662. The van der Waals surface area contributed by atoms with E-state index in [1.165, 1.54) is 31.4 Å². The predicted octanol–water partition coefficient (Wildman–Crippen LogP) is 4.59. The SMILES string of the molecule is COc1ccc(Br)cc1C1=NC(=Cc2c(F)cccc2Cl)C(=O)O1. The first kappa shape index (κ1) is 16.7. The van der Waals surface area contributed by atoms with Gasteiger partial charge in [0.05, 0.1) is 17.7 Å². The van der Waals surface area contributed by atoms with E-state index in [0.717, 1.165) is 4.47 Å². The van der Waals surface area contributed by atoms with Gasteiger partial charge in [0, 0.05) is 10.0 Å². The summed E-state index contributed by atoms with van der Waals surface area (Å²) in [4.78, 5) is 16.2. The van der Waals surface area contributed by atoms with Gasteiger partial charge in [-0.05, 0) is 36.4 Å². The first-order valence-electron chi connectivity index (χ1n) is 6.80. The normalized spacial score (nSPS) is 15.4. The zero-order chi connectivity index (χ0) is 17.3. The fraction of sp³-hybridized carbons (Fsp3) is 0.0588. The third-order valence-corrected chi connectivity index (χ3v) is 4.12. The van der Waals surface area contributed by atoms with Gasteiger partial charge in [0.25, 0.3) is 0 Å². The van der Waals surface area contributed by atoms with Gasteiger partial charge >= 0.3 is 5.97 Å². The molecule has 0 saturated heterocycles. The summed E-state index contributed by atoms with van der Waals surface area (Å²) in [6, 6.07) is 9.47. The number of ether oxygens (including phenoxy) is 2. The number of rotatable bonds is 3. The summed E-state index contributed by atoms with van der Waals surface area (Å²) in [6.07, 6.45) is 1.26. The molecule has 0 bridgehead atoms. The zero-order valence-electron chi connectivity index (χ0n) is 12.3. The van der Waals surface area contributed by atoms with Crippen LogP contribution in [-0.4, -0.2) is 19.0 Å². The van der Waals surface area contributed by atoms with Gasteiger partial charge in [0.1, 0.15) is 11.6 Å². The second-order valence-corrected chi connectivity index (χ2v) is 6.14. The van der Waals surface area contributed by atoms with E-state index in [1.807, 2.05) is 0 Å². The van der Waals surface area contributed by atoms with Gasteiger partial charge in [-0.15, -0.1) is 0 Å². The number of hydrogen-bond donors (Lipinski definition) is 0. The first-order valence-corrected chi connectivity index (χ1v) is 7.97. The number of carbonyl (C=O) groups excluding carboxylic acids is 1. The number of benzene rings is 2. The Hall–Kier alpha value is -2.18. The fourth-order valence-corrected chi connectivity index (χ4v) is 2.74. The van der Waals surface area contributed by atoms with Crippen molar-refractivity contribution in [2.75, 3.05) is 7.11 Å². The number of methoxy groups -OCH3 is 1. The summed E-state index contributed by atoms with van der Waals surface area (Å²) in [6.45, 7) is 0. The molecule has 0 aromatic heterocycles. The van der Waals surface area contributed by atoms with Crippen molar-refractivity contribution in [3.05, 3.63) is 68.5 Å². The third kappa shape index (κ3) is 3.20. The number of hydrogen-bond acceptors (Lipinski definition) is 4. The molecule has 1 heterocycles. The maximum atomic E-state index is 13.9. The van der Waals surface area contributed by atoms with E-state index in [1.54, 1.807) is 18.2 Å². The van der Waals surface area contributed by atoms with E-state index in [9.17, 15) is 9.18 Å². The Bertz CT molecular complexity index is 875. The maximum Gasteiger partial charge on any atom is 0.363 e. The monoisotopic (exact) mass is 409 g/mol. The molecule has 122 valence electrons. The van der Waals surface area contributed by atoms with Crippen molar-refractivity contribution in [1.29, 1.82) is 0 Å². The zero-order valence-corrected chi connectivity index (χ0v) is 14.7. The lowest BCUT2D eigenvalue weighted by Gasteiger charge is -2.07. The molecule has 7 heteroatoms. The summed E-state index contributed by atoms with van der Waals surface area (Å²) in [5.41, 5.74) is 0.541. The molecular formula is C17H10BrClFNO3. The third-order valence-electron chi connectivity index (χ3n) is 3.29. The largest absolute Gasteiger partial charge is 0.496 e. The van der Waals surface area contributed by atoms with Gasteiger partial charge in [0.15, 0.2) is 5.70 Å². The van der Waals surface area contributed by atoms with Crippen molar-refractivity contribution >= 4 is 45.5 Å². The van der Waals surface area contributed by atoms with Gasteiger partial charge in [-0.2, -0.15) is 0 Å². The highest BCUT2D eigenvalue weighted by atomic mass is 79.9. The molecule has 0 N–H and O–H groups in total. The van der Waals surface area contributed by atoms with E-state index >= 15 is 0 Å². The summed E-state index contributed by atoms with van der Waals surface area (Å²) in [7, 11) is 1.50. The molecule has 24 heavy (non-hydrogen) atoms. The molecule has 2 aromatic rings. The molecule has 0 saturated carbocycles. The Morgan fingerprint density at radius 1 is 1.33 bits per heavy atom. The Morgan fingerprint density at radius 3 is 2.83 bits per heavy atom. The summed E-state index contributed by atoms with van der Waals surface area (Å²) in [5, 5.41) is 0.180. The lowest BCUT2D eigenvalue weighted by Crippen LogP contribution is -2.07. The standard InChI is InChI=1S/C17H10BrClFNO3/c1-23-15-6-5-9(18)7-11(15)16-21-14(17(22)24-16)8-10-12(19)3-2-4-13(10)20/h2-8H,1H3. The van der Waals surface area contributed by atoms with Crippen molar-refractivity contribution in [2.45, 2.75) is 0 Å². The van der Waals surface area contributed by atoms with E-state index < -0.39 is 11.8 Å². The molecule has 0 atom stereocenters. The minimum atomic E-state index is -0.689. The number of esters is 1. The van der Waals surface area contributed by atoms with E-state index in [0.29, 0.717) is 11.3 Å². The predicted molar refractivity (Wildman–Crippen MR) is 92.7 cm³/mol. The van der Waals surface area contributed by atoms with Crippen LogP contribution in [0.2, 0.25) is 5.02 Å². The van der Waals surface area contributed by atoms with Crippen LogP contribution >= 0.6 is 27.5 Å². The molecule has 0 aliphatic carbocycles. The van der Waals surface area contributed by atoms with Crippen LogP contribution in [0.1, 0.15) is 11.1 Å². The van der Waals surface area contributed by atoms with Crippen LogP contribution in [0.25, 0.3) is 6.08 Å². The minimum Gasteiger partial charge on any atom is -0.496 e. The quantitative estimate of drug-likeness (QED) is 0.549. The van der Waals surface area contributed by atoms with Crippen LogP contribution in [0.4, 0.5) is 4.39 Å².